The minimum Gasteiger partial charge on any atom is -0.301 e. The second-order valence-corrected chi connectivity index (χ2v) is 4.98. The highest BCUT2D eigenvalue weighted by molar-refractivity contribution is 8.03. The van der Waals surface area contributed by atoms with Crippen molar-refractivity contribution in [2.24, 2.45) is 5.92 Å². The molecule has 0 aromatic carbocycles. The Labute approximate surface area is 78.2 Å². The zero-order valence-electron chi connectivity index (χ0n) is 5.98. The van der Waals surface area contributed by atoms with Crippen molar-refractivity contribution in [3.63, 3.8) is 0 Å². The lowest BCUT2D eigenvalue weighted by Gasteiger charge is -2.25. The summed E-state index contributed by atoms with van der Waals surface area (Å²) in [5.74, 6) is 0.295. The van der Waals surface area contributed by atoms with Crippen LogP contribution in [0.5, 0.6) is 0 Å². The molecule has 0 saturated carbocycles. The minimum atomic E-state index is -0.905. The lowest BCUT2D eigenvalue weighted by Crippen LogP contribution is -2.32. The zero-order chi connectivity index (χ0) is 8.36. The second-order valence-electron chi connectivity index (χ2n) is 2.59. The molecule has 0 spiro atoms. The van der Waals surface area contributed by atoms with Gasteiger partial charge in [-0.15, -0.1) is 0 Å². The summed E-state index contributed by atoms with van der Waals surface area (Å²) in [5.41, 5.74) is 0. The number of hydrogen-bond acceptors (Lipinski definition) is 4. The molecule has 4 heteroatoms. The molecule has 0 rings (SSSR count). The number of carbonyl (C=O) groups excluding carboxylic acids is 1. The Morgan fingerprint density at radius 3 is 1.90 bits per heavy atom. The lowest BCUT2D eigenvalue weighted by molar-refractivity contribution is -0.108. The van der Waals surface area contributed by atoms with E-state index in [0.717, 1.165) is 0 Å². The van der Waals surface area contributed by atoms with Gasteiger partial charge in [0, 0.05) is 5.25 Å². The maximum atomic E-state index is 10.4. The van der Waals surface area contributed by atoms with Crippen molar-refractivity contribution in [1.29, 1.82) is 0 Å². The topological polar surface area (TPSA) is 17.1 Å². The minimum absolute atomic E-state index is 0.114. The molecule has 0 amide bonds. The SMILES string of the molecule is CC(C)C(S)C(S)(S)C=O. The predicted octanol–water partition coefficient (Wildman–Crippen LogP) is 1.70. The Kier molecular flexibility index (Phi) is 4.21. The molecule has 0 saturated heterocycles. The van der Waals surface area contributed by atoms with E-state index in [-0.39, 0.29) is 5.25 Å². The highest BCUT2D eigenvalue weighted by atomic mass is 32.2. The van der Waals surface area contributed by atoms with E-state index in [1.54, 1.807) is 0 Å². The first-order valence-electron chi connectivity index (χ1n) is 3.01. The van der Waals surface area contributed by atoms with E-state index in [2.05, 4.69) is 37.9 Å². The first-order chi connectivity index (χ1) is 4.41. The van der Waals surface area contributed by atoms with Gasteiger partial charge in [-0.1, -0.05) is 13.8 Å². The Morgan fingerprint density at radius 1 is 1.40 bits per heavy atom. The van der Waals surface area contributed by atoms with Crippen molar-refractivity contribution in [2.75, 3.05) is 0 Å². The third-order valence-corrected chi connectivity index (χ3v) is 3.42. The molecule has 1 nitrogen and oxygen atoms in total. The van der Waals surface area contributed by atoms with Gasteiger partial charge in [0.25, 0.3) is 0 Å². The molecule has 0 heterocycles. The number of hydrogen-bond donors (Lipinski definition) is 3. The molecule has 1 unspecified atom stereocenters. The highest BCUT2D eigenvalue weighted by Crippen LogP contribution is 2.30. The molecule has 0 bridgehead atoms. The second kappa shape index (κ2) is 3.93. The van der Waals surface area contributed by atoms with Crippen molar-refractivity contribution < 1.29 is 4.79 Å². The van der Waals surface area contributed by atoms with Crippen molar-refractivity contribution in [1.82, 2.24) is 0 Å². The number of aldehydes is 1. The summed E-state index contributed by atoms with van der Waals surface area (Å²) in [6.45, 7) is 3.95. The van der Waals surface area contributed by atoms with Crippen LogP contribution in [0.3, 0.4) is 0 Å². The molecule has 0 radical (unpaired) electrons. The Morgan fingerprint density at radius 2 is 1.80 bits per heavy atom. The molecular formula is C6H12OS3. The quantitative estimate of drug-likeness (QED) is 0.356. The van der Waals surface area contributed by atoms with Crippen LogP contribution in [0.4, 0.5) is 0 Å². The van der Waals surface area contributed by atoms with E-state index in [1.165, 1.54) is 0 Å². The molecule has 60 valence electrons. The third-order valence-electron chi connectivity index (χ3n) is 1.24. The van der Waals surface area contributed by atoms with Gasteiger partial charge >= 0.3 is 0 Å². The standard InChI is InChI=1S/C6H12OS3/c1-4(2)5(8)6(9,10)3-7/h3-5,8-10H,1-2H3. The summed E-state index contributed by atoms with van der Waals surface area (Å²) in [7, 11) is 0. The van der Waals surface area contributed by atoms with Crippen LogP contribution >= 0.6 is 37.9 Å². The summed E-state index contributed by atoms with van der Waals surface area (Å²) in [6.07, 6.45) is 0.705. The van der Waals surface area contributed by atoms with Gasteiger partial charge in [-0.25, -0.2) is 0 Å². The van der Waals surface area contributed by atoms with Gasteiger partial charge < -0.3 is 4.79 Å². The normalized spacial score (nSPS) is 15.4. The van der Waals surface area contributed by atoms with Crippen LogP contribution in [0.25, 0.3) is 0 Å². The molecule has 0 aliphatic heterocycles. The van der Waals surface area contributed by atoms with Gasteiger partial charge in [0.2, 0.25) is 0 Å². The number of carbonyl (C=O) groups is 1. The summed E-state index contributed by atoms with van der Waals surface area (Å²) >= 11 is 12.3. The molecule has 0 N–H and O–H groups in total. The smallest absolute Gasteiger partial charge is 0.146 e. The molecule has 0 aliphatic rings. The average Bonchev–Trinajstić information content (AvgIpc) is 1.86. The van der Waals surface area contributed by atoms with E-state index >= 15 is 0 Å². The lowest BCUT2D eigenvalue weighted by atomic mass is 10.1. The molecule has 0 fully saturated rings. The molecule has 1 atom stereocenters. The Hall–Kier alpha value is 0.720. The van der Waals surface area contributed by atoms with E-state index in [1.807, 2.05) is 13.8 Å². The third kappa shape index (κ3) is 2.76. The van der Waals surface area contributed by atoms with Crippen LogP contribution in [0, 0.1) is 5.92 Å². The highest BCUT2D eigenvalue weighted by Gasteiger charge is 2.30. The van der Waals surface area contributed by atoms with Crippen LogP contribution in [0.1, 0.15) is 13.8 Å². The summed E-state index contributed by atoms with van der Waals surface area (Å²) < 4.78 is -0.905. The van der Waals surface area contributed by atoms with Crippen LogP contribution in [-0.2, 0) is 4.79 Å². The average molecular weight is 196 g/mol. The molecule has 0 aromatic rings. The van der Waals surface area contributed by atoms with Crippen molar-refractivity contribution in [3.05, 3.63) is 0 Å². The van der Waals surface area contributed by atoms with Crippen LogP contribution in [0.15, 0.2) is 0 Å². The van der Waals surface area contributed by atoms with Crippen LogP contribution < -0.4 is 0 Å². The fourth-order valence-corrected chi connectivity index (χ4v) is 1.22. The van der Waals surface area contributed by atoms with E-state index in [4.69, 9.17) is 0 Å². The molecule has 0 aliphatic carbocycles. The summed E-state index contributed by atoms with van der Waals surface area (Å²) in [5, 5.41) is -0.114. The van der Waals surface area contributed by atoms with Gasteiger partial charge in [-0.3, -0.25) is 0 Å². The van der Waals surface area contributed by atoms with Crippen molar-refractivity contribution >= 4 is 44.2 Å². The number of rotatable bonds is 3. The number of thiol groups is 3. The van der Waals surface area contributed by atoms with E-state index < -0.39 is 4.08 Å². The first kappa shape index (κ1) is 10.7. The monoisotopic (exact) mass is 196 g/mol. The van der Waals surface area contributed by atoms with Crippen molar-refractivity contribution in [2.45, 2.75) is 23.2 Å². The van der Waals surface area contributed by atoms with Crippen molar-refractivity contribution in [3.8, 4) is 0 Å². The van der Waals surface area contributed by atoms with Gasteiger partial charge in [0.05, 0.1) is 0 Å². The molecule has 0 aromatic heterocycles. The van der Waals surface area contributed by atoms with Gasteiger partial charge in [0.15, 0.2) is 0 Å². The maximum absolute atomic E-state index is 10.4. The fraction of sp³-hybridized carbons (Fsp3) is 0.833. The van der Waals surface area contributed by atoms with Crippen LogP contribution in [-0.4, -0.2) is 15.6 Å². The fourth-order valence-electron chi connectivity index (χ4n) is 0.560. The Balaban J connectivity index is 4.17. The van der Waals surface area contributed by atoms with E-state index in [9.17, 15) is 4.79 Å². The maximum Gasteiger partial charge on any atom is 0.146 e. The molecule has 10 heavy (non-hydrogen) atoms. The Bertz CT molecular complexity index is 122. The first-order valence-corrected chi connectivity index (χ1v) is 4.42. The van der Waals surface area contributed by atoms with Gasteiger partial charge in [0.1, 0.15) is 10.4 Å². The van der Waals surface area contributed by atoms with Gasteiger partial charge in [-0.05, 0) is 5.92 Å². The zero-order valence-corrected chi connectivity index (χ0v) is 8.67. The predicted molar refractivity (Wildman–Crippen MR) is 54.4 cm³/mol. The van der Waals surface area contributed by atoms with Gasteiger partial charge in [-0.2, -0.15) is 37.9 Å². The largest absolute Gasteiger partial charge is 0.301 e. The summed E-state index contributed by atoms with van der Waals surface area (Å²) in [4.78, 5) is 10.4. The summed E-state index contributed by atoms with van der Waals surface area (Å²) in [6, 6.07) is 0. The molecular weight excluding hydrogens is 184 g/mol. The van der Waals surface area contributed by atoms with E-state index in [0.29, 0.717) is 12.2 Å². The van der Waals surface area contributed by atoms with Crippen LogP contribution in [0.2, 0.25) is 0 Å².